The fourth-order valence-electron chi connectivity index (χ4n) is 2.55. The van der Waals surface area contributed by atoms with Gasteiger partial charge < -0.3 is 15.2 Å². The van der Waals surface area contributed by atoms with Crippen LogP contribution in [0.25, 0.3) is 0 Å². The maximum atomic E-state index is 12.4. The molecule has 5 nitrogen and oxygen atoms in total. The van der Waals surface area contributed by atoms with Crippen molar-refractivity contribution in [1.29, 1.82) is 0 Å². The summed E-state index contributed by atoms with van der Waals surface area (Å²) in [6, 6.07) is 5.98. The van der Waals surface area contributed by atoms with Crippen molar-refractivity contribution in [3.8, 4) is 0 Å². The Labute approximate surface area is 147 Å². The van der Waals surface area contributed by atoms with Crippen LogP contribution in [0.1, 0.15) is 47.4 Å². The minimum absolute atomic E-state index is 0.0231. The zero-order chi connectivity index (χ0) is 17.9. The molecule has 2 aromatic rings. The fourth-order valence-corrected chi connectivity index (χ4v) is 3.24. The molecule has 0 spiro atoms. The van der Waals surface area contributed by atoms with Crippen molar-refractivity contribution in [2.45, 2.75) is 46.7 Å². The average molecular weight is 347 g/mol. The largest absolute Gasteiger partial charge is 0.350 e. The third-order valence-electron chi connectivity index (χ3n) is 3.64. The number of hydrogen-bond donors (Lipinski definition) is 2. The summed E-state index contributed by atoms with van der Waals surface area (Å²) in [4.78, 5) is 25.5. The van der Waals surface area contributed by atoms with Crippen molar-refractivity contribution in [2.24, 2.45) is 0 Å². The molecule has 0 aliphatic heterocycles. The van der Waals surface area contributed by atoms with Gasteiger partial charge in [-0.1, -0.05) is 6.07 Å². The molecule has 2 aromatic heterocycles. The number of thiophene rings is 1. The van der Waals surface area contributed by atoms with Gasteiger partial charge in [-0.05, 0) is 52.1 Å². The highest BCUT2D eigenvalue weighted by atomic mass is 32.1. The van der Waals surface area contributed by atoms with Gasteiger partial charge in [-0.3, -0.25) is 9.59 Å². The summed E-state index contributed by atoms with van der Waals surface area (Å²) < 4.78 is 2.12. The molecule has 0 unspecified atom stereocenters. The molecular weight excluding hydrogens is 322 g/mol. The maximum Gasteiger partial charge on any atom is 0.253 e. The molecule has 0 aliphatic carbocycles. The van der Waals surface area contributed by atoms with Gasteiger partial charge in [-0.25, -0.2) is 0 Å². The molecule has 0 saturated heterocycles. The molecule has 0 fully saturated rings. The molecule has 24 heavy (non-hydrogen) atoms. The van der Waals surface area contributed by atoms with E-state index in [1.165, 1.54) is 4.88 Å². The molecule has 0 aliphatic rings. The predicted octanol–water partition coefficient (Wildman–Crippen LogP) is 2.86. The normalized spacial score (nSPS) is 11.4. The summed E-state index contributed by atoms with van der Waals surface area (Å²) in [6.07, 6.45) is 0. The van der Waals surface area contributed by atoms with Crippen molar-refractivity contribution >= 4 is 23.2 Å². The zero-order valence-corrected chi connectivity index (χ0v) is 15.7. The lowest BCUT2D eigenvalue weighted by molar-refractivity contribution is -0.121. The van der Waals surface area contributed by atoms with Crippen molar-refractivity contribution in [2.75, 3.05) is 6.54 Å². The topological polar surface area (TPSA) is 63.1 Å². The number of carbonyl (C=O) groups is 2. The first-order valence-corrected chi connectivity index (χ1v) is 8.83. The second kappa shape index (κ2) is 7.21. The molecular formula is C18H25N3O2S. The number of nitrogens with zero attached hydrogens (tertiary/aromatic N) is 1. The second-order valence-corrected chi connectivity index (χ2v) is 7.96. The van der Waals surface area contributed by atoms with Gasteiger partial charge in [0.1, 0.15) is 0 Å². The quantitative estimate of drug-likeness (QED) is 0.873. The Morgan fingerprint density at radius 2 is 1.96 bits per heavy atom. The molecule has 2 N–H and O–H groups in total. The molecule has 0 bridgehead atoms. The van der Waals surface area contributed by atoms with Gasteiger partial charge in [0, 0.05) is 21.8 Å². The Kier molecular flexibility index (Phi) is 5.49. The number of aromatic nitrogens is 1. The summed E-state index contributed by atoms with van der Waals surface area (Å²) >= 11 is 1.70. The van der Waals surface area contributed by atoms with Crippen molar-refractivity contribution in [3.05, 3.63) is 45.4 Å². The van der Waals surface area contributed by atoms with Crippen LogP contribution in [0.15, 0.2) is 23.6 Å². The van der Waals surface area contributed by atoms with Crippen molar-refractivity contribution < 1.29 is 9.59 Å². The van der Waals surface area contributed by atoms with E-state index in [2.05, 4.69) is 21.3 Å². The Hall–Kier alpha value is -2.08. The van der Waals surface area contributed by atoms with Crippen molar-refractivity contribution in [3.63, 3.8) is 0 Å². The second-order valence-electron chi connectivity index (χ2n) is 6.93. The summed E-state index contributed by atoms with van der Waals surface area (Å²) in [7, 11) is 0. The predicted molar refractivity (Wildman–Crippen MR) is 97.6 cm³/mol. The number of amides is 2. The number of rotatable bonds is 5. The van der Waals surface area contributed by atoms with E-state index in [0.717, 1.165) is 17.9 Å². The highest BCUT2D eigenvalue weighted by Crippen LogP contribution is 2.19. The van der Waals surface area contributed by atoms with Gasteiger partial charge in [-0.15, -0.1) is 11.3 Å². The molecule has 2 rings (SSSR count). The minimum atomic E-state index is -0.307. The van der Waals surface area contributed by atoms with Crippen LogP contribution in [0.2, 0.25) is 0 Å². The fraction of sp³-hybridized carbons (Fsp3) is 0.444. The van der Waals surface area contributed by atoms with E-state index in [1.54, 1.807) is 11.3 Å². The molecule has 6 heteroatoms. The Morgan fingerprint density at radius 1 is 1.25 bits per heavy atom. The van der Waals surface area contributed by atoms with E-state index in [9.17, 15) is 9.59 Å². The van der Waals surface area contributed by atoms with Crippen LogP contribution in [0, 0.1) is 13.8 Å². The summed E-state index contributed by atoms with van der Waals surface area (Å²) in [5, 5.41) is 7.58. The minimum Gasteiger partial charge on any atom is -0.350 e. The van der Waals surface area contributed by atoms with Crippen LogP contribution in [0.5, 0.6) is 0 Å². The molecule has 0 saturated carbocycles. The molecule has 0 radical (unpaired) electrons. The third-order valence-corrected chi connectivity index (χ3v) is 4.50. The SMILES string of the molecule is Cc1cc(C(=O)NCC(=O)NC(C)(C)C)c(C)n1Cc1cccs1. The van der Waals surface area contributed by atoms with Gasteiger partial charge in [0.15, 0.2) is 0 Å². The van der Waals surface area contributed by atoms with Gasteiger partial charge in [0.05, 0.1) is 18.7 Å². The molecule has 0 aromatic carbocycles. The standard InChI is InChI=1S/C18H25N3O2S/c1-12-9-15(13(2)21(12)11-14-7-6-8-24-14)17(23)19-10-16(22)20-18(3,4)5/h6-9H,10-11H2,1-5H3,(H,19,23)(H,20,22). The van der Waals surface area contributed by atoms with Crippen LogP contribution in [0.3, 0.4) is 0 Å². The van der Waals surface area contributed by atoms with Gasteiger partial charge >= 0.3 is 0 Å². The monoisotopic (exact) mass is 347 g/mol. The van der Waals surface area contributed by atoms with Crippen LogP contribution in [-0.2, 0) is 11.3 Å². The van der Waals surface area contributed by atoms with Gasteiger partial charge in [0.2, 0.25) is 5.91 Å². The van der Waals surface area contributed by atoms with E-state index in [4.69, 9.17) is 0 Å². The van der Waals surface area contributed by atoms with Crippen LogP contribution >= 0.6 is 11.3 Å². The highest BCUT2D eigenvalue weighted by molar-refractivity contribution is 7.09. The van der Waals surface area contributed by atoms with E-state index in [-0.39, 0.29) is 23.9 Å². The van der Waals surface area contributed by atoms with Gasteiger partial charge in [-0.2, -0.15) is 0 Å². The lowest BCUT2D eigenvalue weighted by Gasteiger charge is -2.20. The smallest absolute Gasteiger partial charge is 0.253 e. The number of hydrogen-bond acceptors (Lipinski definition) is 3. The van der Waals surface area contributed by atoms with E-state index in [1.807, 2.05) is 52.1 Å². The Balaban J connectivity index is 2.04. The molecule has 130 valence electrons. The summed E-state index contributed by atoms with van der Waals surface area (Å²) in [6.45, 7) is 10.4. The molecule has 2 amide bonds. The first-order valence-electron chi connectivity index (χ1n) is 7.95. The average Bonchev–Trinajstić information content (AvgIpc) is 3.06. The first-order chi connectivity index (χ1) is 11.2. The molecule has 0 atom stereocenters. The highest BCUT2D eigenvalue weighted by Gasteiger charge is 2.18. The Morgan fingerprint density at radius 3 is 2.54 bits per heavy atom. The lowest BCUT2D eigenvalue weighted by atomic mass is 10.1. The van der Waals surface area contributed by atoms with Crippen LogP contribution in [-0.4, -0.2) is 28.5 Å². The van der Waals surface area contributed by atoms with Crippen molar-refractivity contribution in [1.82, 2.24) is 15.2 Å². The van der Waals surface area contributed by atoms with Crippen LogP contribution < -0.4 is 10.6 Å². The first kappa shape index (κ1) is 18.3. The number of carbonyl (C=O) groups excluding carboxylic acids is 2. The lowest BCUT2D eigenvalue weighted by Crippen LogP contribution is -2.45. The Bertz CT molecular complexity index is 724. The number of nitrogens with one attached hydrogen (secondary N) is 2. The van der Waals surface area contributed by atoms with Crippen LogP contribution in [0.4, 0.5) is 0 Å². The number of aryl methyl sites for hydroxylation is 1. The summed E-state index contributed by atoms with van der Waals surface area (Å²) in [5.74, 6) is -0.409. The van der Waals surface area contributed by atoms with E-state index < -0.39 is 0 Å². The van der Waals surface area contributed by atoms with E-state index in [0.29, 0.717) is 5.56 Å². The maximum absolute atomic E-state index is 12.4. The summed E-state index contributed by atoms with van der Waals surface area (Å²) in [5.41, 5.74) is 2.26. The van der Waals surface area contributed by atoms with E-state index >= 15 is 0 Å². The van der Waals surface area contributed by atoms with Gasteiger partial charge in [0.25, 0.3) is 5.91 Å². The zero-order valence-electron chi connectivity index (χ0n) is 14.9. The molecule has 2 heterocycles. The third kappa shape index (κ3) is 4.71.